The smallest absolute Gasteiger partial charge is 0.305 e. The average Bonchev–Trinajstić information content (AvgIpc) is 2.74. The quantitative estimate of drug-likeness (QED) is 0.0730. The number of ether oxygens (including phenoxy) is 2. The predicted molar refractivity (Wildman–Crippen MR) is 133 cm³/mol. The van der Waals surface area contributed by atoms with E-state index in [-0.39, 0.29) is 25.2 Å². The van der Waals surface area contributed by atoms with Crippen LogP contribution in [-0.4, -0.2) is 35.8 Å². The number of rotatable bonds is 23. The van der Waals surface area contributed by atoms with Gasteiger partial charge in [0.2, 0.25) is 0 Å². The van der Waals surface area contributed by atoms with Crippen LogP contribution in [0.25, 0.3) is 0 Å². The molecule has 0 heterocycles. The van der Waals surface area contributed by atoms with Gasteiger partial charge < -0.3 is 9.47 Å². The van der Waals surface area contributed by atoms with Crippen LogP contribution in [0.4, 0.5) is 0 Å². The van der Waals surface area contributed by atoms with Crippen molar-refractivity contribution in [2.45, 2.75) is 116 Å². The van der Waals surface area contributed by atoms with Gasteiger partial charge in [-0.05, 0) is 25.7 Å². The van der Waals surface area contributed by atoms with Crippen LogP contribution in [0.5, 0.6) is 0 Å². The van der Waals surface area contributed by atoms with Crippen molar-refractivity contribution in [3.8, 4) is 0 Å². The first-order chi connectivity index (χ1) is 14.7. The van der Waals surface area contributed by atoms with E-state index in [1.807, 2.05) is 0 Å². The Bertz CT molecular complexity index is 355. The molecule has 0 unspecified atom stereocenters. The molecule has 4 nitrogen and oxygen atoms in total. The summed E-state index contributed by atoms with van der Waals surface area (Å²) >= 11 is 6.90. The Hall–Kier alpha value is -0.100. The van der Waals surface area contributed by atoms with Gasteiger partial charge in [0.05, 0.1) is 0 Å². The zero-order valence-electron chi connectivity index (χ0n) is 18.9. The van der Waals surface area contributed by atoms with E-state index in [1.54, 1.807) is 0 Å². The van der Waals surface area contributed by atoms with Crippen molar-refractivity contribution in [1.82, 2.24) is 0 Å². The van der Waals surface area contributed by atoms with Gasteiger partial charge in [0.25, 0.3) is 0 Å². The second kappa shape index (κ2) is 25.2. The largest absolute Gasteiger partial charge is 0.462 e. The highest BCUT2D eigenvalue weighted by Gasteiger charge is 2.05. The van der Waals surface area contributed by atoms with Crippen molar-refractivity contribution < 1.29 is 19.1 Å². The van der Waals surface area contributed by atoms with E-state index >= 15 is 0 Å². The fourth-order valence-electron chi connectivity index (χ4n) is 3.30. The van der Waals surface area contributed by atoms with Crippen molar-refractivity contribution >= 4 is 43.8 Å². The number of carbonyl (C=O) groups is 2. The highest BCUT2D eigenvalue weighted by molar-refractivity contribution is 9.09. The third kappa shape index (κ3) is 24.2. The van der Waals surface area contributed by atoms with Crippen LogP contribution in [0.15, 0.2) is 0 Å². The summed E-state index contributed by atoms with van der Waals surface area (Å²) in [6.07, 6.45) is 20.1. The van der Waals surface area contributed by atoms with Gasteiger partial charge in [-0.15, -0.1) is 0 Å². The maximum atomic E-state index is 11.7. The molecule has 0 aromatic heterocycles. The minimum atomic E-state index is -0.181. The van der Waals surface area contributed by atoms with Crippen molar-refractivity contribution in [2.75, 3.05) is 23.9 Å². The molecule has 0 atom stereocenters. The monoisotopic (exact) mass is 554 g/mol. The van der Waals surface area contributed by atoms with E-state index in [1.165, 1.54) is 77.0 Å². The number of carbonyl (C=O) groups excluding carboxylic acids is 2. The molecule has 0 spiro atoms. The summed E-state index contributed by atoms with van der Waals surface area (Å²) < 4.78 is 10.3. The molecule has 0 amide bonds. The maximum absolute atomic E-state index is 11.7. The number of hydrogen-bond acceptors (Lipinski definition) is 4. The first-order valence-corrected chi connectivity index (χ1v) is 14.4. The summed E-state index contributed by atoms with van der Waals surface area (Å²) in [7, 11) is 0. The van der Waals surface area contributed by atoms with Crippen molar-refractivity contribution in [2.24, 2.45) is 0 Å². The van der Waals surface area contributed by atoms with E-state index in [4.69, 9.17) is 9.47 Å². The van der Waals surface area contributed by atoms with Gasteiger partial charge in [0.15, 0.2) is 0 Å². The molecule has 0 bridgehead atoms. The number of alkyl halides is 2. The summed E-state index contributed by atoms with van der Waals surface area (Å²) in [5.41, 5.74) is 0. The molecule has 178 valence electrons. The molecule has 0 aromatic carbocycles. The summed E-state index contributed by atoms with van der Waals surface area (Å²) in [6.45, 7) is 0.346. The van der Waals surface area contributed by atoms with Gasteiger partial charge in [-0.3, -0.25) is 9.59 Å². The lowest BCUT2D eigenvalue weighted by Crippen LogP contribution is -2.13. The summed E-state index contributed by atoms with van der Waals surface area (Å²) in [4.78, 5) is 23.4. The predicted octanol–water partition coefficient (Wildman–Crippen LogP) is 7.88. The topological polar surface area (TPSA) is 52.6 Å². The van der Waals surface area contributed by atoms with Crippen LogP contribution < -0.4 is 0 Å². The van der Waals surface area contributed by atoms with E-state index in [2.05, 4.69) is 31.9 Å². The molecule has 0 saturated heterocycles. The Morgan fingerprint density at radius 2 is 0.700 bits per heavy atom. The van der Waals surface area contributed by atoms with Crippen LogP contribution in [0.2, 0.25) is 0 Å². The SMILES string of the molecule is O=C(CCCCCCCCCCBr)OCCOC(=O)CCCCCCCCCCBr. The van der Waals surface area contributed by atoms with E-state index in [0.717, 1.165) is 36.3 Å². The van der Waals surface area contributed by atoms with E-state index in [9.17, 15) is 9.59 Å². The molecule has 0 aromatic rings. The number of hydrogen-bond donors (Lipinski definition) is 0. The molecule has 6 heteroatoms. The lowest BCUT2D eigenvalue weighted by Gasteiger charge is -2.07. The molecule has 0 rings (SSSR count). The number of unbranched alkanes of at least 4 members (excludes halogenated alkanes) is 14. The fourth-order valence-corrected chi connectivity index (χ4v) is 4.10. The number of esters is 2. The van der Waals surface area contributed by atoms with Gasteiger partial charge in [-0.2, -0.15) is 0 Å². The van der Waals surface area contributed by atoms with E-state index < -0.39 is 0 Å². The van der Waals surface area contributed by atoms with Gasteiger partial charge in [0, 0.05) is 23.5 Å². The van der Waals surface area contributed by atoms with Crippen LogP contribution >= 0.6 is 31.9 Å². The van der Waals surface area contributed by atoms with Crippen LogP contribution in [0.1, 0.15) is 116 Å². The molecule has 0 radical (unpaired) electrons. The summed E-state index contributed by atoms with van der Waals surface area (Å²) in [6, 6.07) is 0. The first-order valence-electron chi connectivity index (χ1n) is 12.1. The molecule has 0 aliphatic heterocycles. The van der Waals surface area contributed by atoms with Crippen molar-refractivity contribution in [1.29, 1.82) is 0 Å². The summed E-state index contributed by atoms with van der Waals surface area (Å²) in [5, 5.41) is 2.21. The highest BCUT2D eigenvalue weighted by Crippen LogP contribution is 2.11. The molecule has 0 saturated carbocycles. The number of halogens is 2. The lowest BCUT2D eigenvalue weighted by molar-refractivity contribution is -0.152. The zero-order chi connectivity index (χ0) is 22.1. The first kappa shape index (κ1) is 29.9. The Labute approximate surface area is 201 Å². The normalized spacial score (nSPS) is 10.9. The third-order valence-corrected chi connectivity index (χ3v) is 6.26. The van der Waals surface area contributed by atoms with Gasteiger partial charge >= 0.3 is 11.9 Å². The second-order valence-electron chi connectivity index (χ2n) is 7.98. The Morgan fingerprint density at radius 3 is 1.00 bits per heavy atom. The molecular weight excluding hydrogens is 512 g/mol. The fraction of sp³-hybridized carbons (Fsp3) is 0.917. The van der Waals surface area contributed by atoms with Crippen LogP contribution in [0, 0.1) is 0 Å². The Kier molecular flexibility index (Phi) is 25.1. The standard InChI is InChI=1S/C24H44Br2O4/c25-19-15-11-7-3-1-5-9-13-17-23(27)29-21-22-30-24(28)18-14-10-6-2-4-8-12-16-20-26/h1-22H2. The van der Waals surface area contributed by atoms with Gasteiger partial charge in [0.1, 0.15) is 13.2 Å². The van der Waals surface area contributed by atoms with Crippen molar-refractivity contribution in [3.05, 3.63) is 0 Å². The second-order valence-corrected chi connectivity index (χ2v) is 9.56. The molecule has 0 aliphatic carbocycles. The van der Waals surface area contributed by atoms with Crippen molar-refractivity contribution in [3.63, 3.8) is 0 Å². The molecular formula is C24H44Br2O4. The van der Waals surface area contributed by atoms with E-state index in [0.29, 0.717) is 12.8 Å². The molecule has 0 aliphatic rings. The molecule has 30 heavy (non-hydrogen) atoms. The molecule has 0 N–H and O–H groups in total. The Morgan fingerprint density at radius 1 is 0.433 bits per heavy atom. The van der Waals surface area contributed by atoms with Crippen LogP contribution in [0.3, 0.4) is 0 Å². The third-order valence-electron chi connectivity index (χ3n) is 5.14. The average molecular weight is 556 g/mol. The van der Waals surface area contributed by atoms with Gasteiger partial charge in [-0.1, -0.05) is 109 Å². The maximum Gasteiger partial charge on any atom is 0.305 e. The summed E-state index contributed by atoms with van der Waals surface area (Å²) in [5.74, 6) is -0.362. The zero-order valence-corrected chi connectivity index (χ0v) is 22.1. The minimum absolute atomic E-state index is 0.173. The van der Waals surface area contributed by atoms with Crippen LogP contribution in [-0.2, 0) is 19.1 Å². The highest BCUT2D eigenvalue weighted by atomic mass is 79.9. The lowest BCUT2D eigenvalue weighted by atomic mass is 10.1. The minimum Gasteiger partial charge on any atom is -0.462 e. The molecule has 0 fully saturated rings. The Balaban J connectivity index is 3.29. The van der Waals surface area contributed by atoms with Gasteiger partial charge in [-0.25, -0.2) is 0 Å².